The number of likely N-dealkylation sites (tertiary alicyclic amines) is 1. The lowest BCUT2D eigenvalue weighted by Crippen LogP contribution is -2.41. The lowest BCUT2D eigenvalue weighted by atomic mass is 9.94. The monoisotopic (exact) mass is 250 g/mol. The van der Waals surface area contributed by atoms with E-state index >= 15 is 0 Å². The van der Waals surface area contributed by atoms with E-state index in [1.165, 1.54) is 17.7 Å². The molecule has 3 rings (SSSR count). The van der Waals surface area contributed by atoms with Gasteiger partial charge in [0.15, 0.2) is 0 Å². The summed E-state index contributed by atoms with van der Waals surface area (Å²) in [6.45, 7) is 4.99. The van der Waals surface area contributed by atoms with Gasteiger partial charge in [0.05, 0.1) is 4.88 Å². The van der Waals surface area contributed by atoms with E-state index in [1.807, 2.05) is 24.0 Å². The number of hydrogen-bond donors (Lipinski definition) is 1. The number of carbonyl (C=O) groups excluding carboxylic acids is 1. The van der Waals surface area contributed by atoms with Crippen molar-refractivity contribution in [1.29, 1.82) is 0 Å². The van der Waals surface area contributed by atoms with Crippen LogP contribution < -0.4 is 5.32 Å². The maximum atomic E-state index is 12.3. The molecule has 2 saturated heterocycles. The Kier molecular flexibility index (Phi) is 2.92. The Morgan fingerprint density at radius 2 is 2.35 bits per heavy atom. The first kappa shape index (κ1) is 11.2. The van der Waals surface area contributed by atoms with Crippen LogP contribution in [0.25, 0.3) is 0 Å². The highest BCUT2D eigenvalue weighted by molar-refractivity contribution is 7.13. The Balaban J connectivity index is 1.71. The standard InChI is InChI=1S/C13H18N2OS/c1-9-4-5-12(17-9)13(16)15-7-10-3-2-6-14-11(10)8-15/h4-5,10-11,14H,2-3,6-8H2,1H3/t10-,11+/m0/s1. The number of aryl methyl sites for hydroxylation is 1. The summed E-state index contributed by atoms with van der Waals surface area (Å²) in [6, 6.07) is 4.52. The Bertz CT molecular complexity index is 415. The largest absolute Gasteiger partial charge is 0.336 e. The van der Waals surface area contributed by atoms with Gasteiger partial charge in [0.25, 0.3) is 5.91 Å². The topological polar surface area (TPSA) is 32.3 Å². The van der Waals surface area contributed by atoms with Gasteiger partial charge in [-0.25, -0.2) is 0 Å². The first-order valence-corrected chi connectivity index (χ1v) is 7.15. The van der Waals surface area contributed by atoms with E-state index in [2.05, 4.69) is 5.32 Å². The third-order valence-electron chi connectivity index (χ3n) is 3.84. The number of rotatable bonds is 1. The minimum Gasteiger partial charge on any atom is -0.336 e. The summed E-state index contributed by atoms with van der Waals surface area (Å²) in [4.78, 5) is 16.4. The summed E-state index contributed by atoms with van der Waals surface area (Å²) in [5, 5.41) is 3.53. The van der Waals surface area contributed by atoms with Crippen LogP contribution in [0.4, 0.5) is 0 Å². The van der Waals surface area contributed by atoms with E-state index in [4.69, 9.17) is 0 Å². The maximum absolute atomic E-state index is 12.3. The highest BCUT2D eigenvalue weighted by Gasteiger charge is 2.36. The quantitative estimate of drug-likeness (QED) is 0.825. The van der Waals surface area contributed by atoms with Gasteiger partial charge >= 0.3 is 0 Å². The van der Waals surface area contributed by atoms with Crippen molar-refractivity contribution in [2.75, 3.05) is 19.6 Å². The average Bonchev–Trinajstić information content (AvgIpc) is 2.93. The predicted octanol–water partition coefficient (Wildman–Crippen LogP) is 1.88. The van der Waals surface area contributed by atoms with Crippen LogP contribution in [0.3, 0.4) is 0 Å². The number of hydrogen-bond acceptors (Lipinski definition) is 3. The van der Waals surface area contributed by atoms with Crippen molar-refractivity contribution in [2.24, 2.45) is 5.92 Å². The van der Waals surface area contributed by atoms with E-state index in [-0.39, 0.29) is 5.91 Å². The third-order valence-corrected chi connectivity index (χ3v) is 4.83. The molecule has 2 fully saturated rings. The predicted molar refractivity (Wildman–Crippen MR) is 69.5 cm³/mol. The number of nitrogens with one attached hydrogen (secondary N) is 1. The zero-order valence-electron chi connectivity index (χ0n) is 10.1. The van der Waals surface area contributed by atoms with Crippen LogP contribution in [0, 0.1) is 12.8 Å². The van der Waals surface area contributed by atoms with Gasteiger partial charge in [-0.15, -0.1) is 11.3 Å². The molecule has 0 aromatic carbocycles. The van der Waals surface area contributed by atoms with Crippen molar-refractivity contribution in [3.63, 3.8) is 0 Å². The van der Waals surface area contributed by atoms with Crippen molar-refractivity contribution in [1.82, 2.24) is 10.2 Å². The fourth-order valence-corrected chi connectivity index (χ4v) is 3.75. The Morgan fingerprint density at radius 3 is 3.06 bits per heavy atom. The summed E-state index contributed by atoms with van der Waals surface area (Å²) in [7, 11) is 0. The molecule has 92 valence electrons. The number of carbonyl (C=O) groups is 1. The van der Waals surface area contributed by atoms with Crippen LogP contribution >= 0.6 is 11.3 Å². The number of thiophene rings is 1. The zero-order chi connectivity index (χ0) is 11.8. The van der Waals surface area contributed by atoms with Crippen LogP contribution in [0.2, 0.25) is 0 Å². The normalized spacial score (nSPS) is 28.2. The van der Waals surface area contributed by atoms with Crippen molar-refractivity contribution in [2.45, 2.75) is 25.8 Å². The molecule has 17 heavy (non-hydrogen) atoms. The molecule has 0 saturated carbocycles. The molecule has 1 aromatic heterocycles. The minimum atomic E-state index is 0.222. The molecular formula is C13H18N2OS. The van der Waals surface area contributed by atoms with Crippen LogP contribution in [-0.4, -0.2) is 36.5 Å². The van der Waals surface area contributed by atoms with Gasteiger partial charge in [-0.2, -0.15) is 0 Å². The highest BCUT2D eigenvalue weighted by Crippen LogP contribution is 2.27. The number of nitrogens with zero attached hydrogens (tertiary/aromatic N) is 1. The van der Waals surface area contributed by atoms with Crippen molar-refractivity contribution in [3.8, 4) is 0 Å². The zero-order valence-corrected chi connectivity index (χ0v) is 10.9. The molecule has 1 N–H and O–H groups in total. The first-order valence-electron chi connectivity index (χ1n) is 6.33. The van der Waals surface area contributed by atoms with Crippen molar-refractivity contribution >= 4 is 17.2 Å². The lowest BCUT2D eigenvalue weighted by Gasteiger charge is -2.24. The van der Waals surface area contributed by atoms with Crippen molar-refractivity contribution in [3.05, 3.63) is 21.9 Å². The van der Waals surface area contributed by atoms with Gasteiger partial charge in [0.1, 0.15) is 0 Å². The van der Waals surface area contributed by atoms with E-state index in [9.17, 15) is 4.79 Å². The summed E-state index contributed by atoms with van der Waals surface area (Å²) in [6.07, 6.45) is 2.52. The molecule has 4 heteroatoms. The van der Waals surface area contributed by atoms with Crippen LogP contribution in [0.1, 0.15) is 27.4 Å². The second-order valence-corrected chi connectivity index (χ2v) is 6.37. The molecule has 0 bridgehead atoms. The van der Waals surface area contributed by atoms with Gasteiger partial charge in [-0.1, -0.05) is 0 Å². The fraction of sp³-hybridized carbons (Fsp3) is 0.615. The molecule has 0 aliphatic carbocycles. The molecule has 2 atom stereocenters. The van der Waals surface area contributed by atoms with Crippen LogP contribution in [0.5, 0.6) is 0 Å². The molecule has 0 radical (unpaired) electrons. The molecule has 0 spiro atoms. The Morgan fingerprint density at radius 1 is 1.47 bits per heavy atom. The van der Waals surface area contributed by atoms with E-state index < -0.39 is 0 Å². The first-order chi connectivity index (χ1) is 8.24. The summed E-state index contributed by atoms with van der Waals surface area (Å²) < 4.78 is 0. The minimum absolute atomic E-state index is 0.222. The molecule has 2 aliphatic rings. The molecule has 0 unspecified atom stereocenters. The molecule has 1 amide bonds. The van der Waals surface area contributed by atoms with Gasteiger partial charge < -0.3 is 10.2 Å². The molecule has 2 aliphatic heterocycles. The lowest BCUT2D eigenvalue weighted by molar-refractivity contribution is 0.0790. The molecule has 1 aromatic rings. The van der Waals surface area contributed by atoms with Crippen molar-refractivity contribution < 1.29 is 4.79 Å². The van der Waals surface area contributed by atoms with Gasteiger partial charge in [0.2, 0.25) is 0 Å². The van der Waals surface area contributed by atoms with Gasteiger partial charge in [-0.05, 0) is 44.4 Å². The maximum Gasteiger partial charge on any atom is 0.263 e. The number of fused-ring (bicyclic) bond motifs is 1. The van der Waals surface area contributed by atoms with Gasteiger partial charge in [0, 0.05) is 24.0 Å². The summed E-state index contributed by atoms with van der Waals surface area (Å²) in [5.74, 6) is 0.896. The Hall–Kier alpha value is -0.870. The summed E-state index contributed by atoms with van der Waals surface area (Å²) >= 11 is 1.60. The number of piperidine rings is 1. The second-order valence-electron chi connectivity index (χ2n) is 5.08. The fourth-order valence-electron chi connectivity index (χ4n) is 2.92. The SMILES string of the molecule is Cc1ccc(C(=O)N2C[C@@H]3CCCN[C@@H]3C2)s1. The molecule has 3 heterocycles. The highest BCUT2D eigenvalue weighted by atomic mass is 32.1. The van der Waals surface area contributed by atoms with E-state index in [0.717, 1.165) is 24.5 Å². The van der Waals surface area contributed by atoms with Crippen LogP contribution in [0.15, 0.2) is 12.1 Å². The molecule has 3 nitrogen and oxygen atoms in total. The number of amides is 1. The van der Waals surface area contributed by atoms with E-state index in [1.54, 1.807) is 11.3 Å². The third kappa shape index (κ3) is 2.11. The average molecular weight is 250 g/mol. The second kappa shape index (κ2) is 4.42. The van der Waals surface area contributed by atoms with E-state index in [0.29, 0.717) is 12.0 Å². The Labute approximate surface area is 106 Å². The smallest absolute Gasteiger partial charge is 0.263 e. The van der Waals surface area contributed by atoms with Gasteiger partial charge in [-0.3, -0.25) is 4.79 Å². The summed E-state index contributed by atoms with van der Waals surface area (Å²) in [5.41, 5.74) is 0. The molecular weight excluding hydrogens is 232 g/mol. The van der Waals surface area contributed by atoms with Crippen LogP contribution in [-0.2, 0) is 0 Å².